The number of nitrogens with zero attached hydrogens (tertiary/aromatic N) is 1. The summed E-state index contributed by atoms with van der Waals surface area (Å²) in [6, 6.07) is 15.3. The summed E-state index contributed by atoms with van der Waals surface area (Å²) in [5, 5.41) is 3.97. The number of fused-ring (bicyclic) bond motifs is 1. The van der Waals surface area contributed by atoms with Gasteiger partial charge in [-0.3, -0.25) is 4.79 Å². The van der Waals surface area contributed by atoms with Crippen molar-refractivity contribution in [1.82, 2.24) is 5.43 Å². The van der Waals surface area contributed by atoms with Crippen LogP contribution in [0.25, 0.3) is 0 Å². The molecule has 1 heterocycles. The lowest BCUT2D eigenvalue weighted by atomic mass is 10.1. The number of rotatable bonds is 4. The van der Waals surface area contributed by atoms with E-state index in [9.17, 15) is 4.79 Å². The molecule has 0 saturated carbocycles. The van der Waals surface area contributed by atoms with Gasteiger partial charge in [-0.2, -0.15) is 5.10 Å². The summed E-state index contributed by atoms with van der Waals surface area (Å²) in [5.41, 5.74) is 4.67. The van der Waals surface area contributed by atoms with E-state index in [0.717, 1.165) is 12.0 Å². The SMILES string of the molecule is CCc1ccc(C=NNC(=O)[C@@H]2COc3ccccc3O2)cc1. The Kier molecular flexibility index (Phi) is 4.57. The second-order valence-corrected chi connectivity index (χ2v) is 5.19. The Hall–Kier alpha value is -2.82. The van der Waals surface area contributed by atoms with Crippen LogP contribution in [0.2, 0.25) is 0 Å². The molecule has 1 N–H and O–H groups in total. The monoisotopic (exact) mass is 310 g/mol. The van der Waals surface area contributed by atoms with E-state index in [4.69, 9.17) is 9.47 Å². The Morgan fingerprint density at radius 3 is 2.70 bits per heavy atom. The van der Waals surface area contributed by atoms with Crippen molar-refractivity contribution in [2.24, 2.45) is 5.10 Å². The van der Waals surface area contributed by atoms with Crippen molar-refractivity contribution in [3.8, 4) is 11.5 Å². The maximum atomic E-state index is 12.1. The minimum absolute atomic E-state index is 0.170. The van der Waals surface area contributed by atoms with Gasteiger partial charge in [0.2, 0.25) is 6.10 Å². The van der Waals surface area contributed by atoms with Crippen molar-refractivity contribution in [3.63, 3.8) is 0 Å². The van der Waals surface area contributed by atoms with Crippen molar-refractivity contribution in [2.45, 2.75) is 19.4 Å². The van der Waals surface area contributed by atoms with E-state index < -0.39 is 6.10 Å². The lowest BCUT2D eigenvalue weighted by molar-refractivity contribution is -0.130. The first kappa shape index (κ1) is 15.1. The lowest BCUT2D eigenvalue weighted by Gasteiger charge is -2.24. The predicted molar refractivity (Wildman–Crippen MR) is 87.9 cm³/mol. The van der Waals surface area contributed by atoms with E-state index in [1.54, 1.807) is 12.3 Å². The maximum absolute atomic E-state index is 12.1. The van der Waals surface area contributed by atoms with Gasteiger partial charge >= 0.3 is 0 Å². The number of nitrogens with one attached hydrogen (secondary N) is 1. The molecule has 1 atom stereocenters. The number of hydrogen-bond donors (Lipinski definition) is 1. The summed E-state index contributed by atoms with van der Waals surface area (Å²) in [6.45, 7) is 2.28. The van der Waals surface area contributed by atoms with E-state index in [2.05, 4.69) is 17.5 Å². The van der Waals surface area contributed by atoms with E-state index in [0.29, 0.717) is 11.5 Å². The number of aryl methyl sites for hydroxylation is 1. The minimum Gasteiger partial charge on any atom is -0.485 e. The molecule has 1 amide bonds. The van der Waals surface area contributed by atoms with Crippen LogP contribution in [-0.2, 0) is 11.2 Å². The van der Waals surface area contributed by atoms with Gasteiger partial charge in [0.15, 0.2) is 11.5 Å². The van der Waals surface area contributed by atoms with E-state index in [1.807, 2.05) is 42.5 Å². The molecule has 2 aromatic carbocycles. The molecule has 118 valence electrons. The first-order chi connectivity index (χ1) is 11.3. The summed E-state index contributed by atoms with van der Waals surface area (Å²) in [5.74, 6) is 0.884. The summed E-state index contributed by atoms with van der Waals surface area (Å²) in [6.07, 6.45) is 1.90. The van der Waals surface area contributed by atoms with Crippen molar-refractivity contribution in [2.75, 3.05) is 6.61 Å². The Balaban J connectivity index is 1.56. The van der Waals surface area contributed by atoms with Gasteiger partial charge < -0.3 is 9.47 Å². The Labute approximate surface area is 134 Å². The molecule has 3 rings (SSSR count). The number of hydrogen-bond acceptors (Lipinski definition) is 4. The fourth-order valence-electron chi connectivity index (χ4n) is 2.23. The molecule has 0 fully saturated rings. The molecule has 2 aromatic rings. The zero-order valence-corrected chi connectivity index (χ0v) is 12.9. The number of benzene rings is 2. The first-order valence-electron chi connectivity index (χ1n) is 7.56. The van der Waals surface area contributed by atoms with Crippen molar-refractivity contribution >= 4 is 12.1 Å². The highest BCUT2D eigenvalue weighted by molar-refractivity contribution is 5.84. The van der Waals surface area contributed by atoms with Crippen LogP contribution in [0.4, 0.5) is 0 Å². The fourth-order valence-corrected chi connectivity index (χ4v) is 2.23. The van der Waals surface area contributed by atoms with Gasteiger partial charge in [-0.15, -0.1) is 0 Å². The van der Waals surface area contributed by atoms with Crippen LogP contribution < -0.4 is 14.9 Å². The number of carbonyl (C=O) groups excluding carboxylic acids is 1. The van der Waals surface area contributed by atoms with Crippen LogP contribution in [0.15, 0.2) is 53.6 Å². The first-order valence-corrected chi connectivity index (χ1v) is 7.56. The van der Waals surface area contributed by atoms with Crippen LogP contribution in [0.5, 0.6) is 11.5 Å². The number of hydrazone groups is 1. The molecule has 0 saturated heterocycles. The second kappa shape index (κ2) is 6.96. The van der Waals surface area contributed by atoms with Crippen molar-refractivity contribution in [3.05, 3.63) is 59.7 Å². The van der Waals surface area contributed by atoms with Gasteiger partial charge in [-0.1, -0.05) is 43.3 Å². The summed E-state index contributed by atoms with van der Waals surface area (Å²) < 4.78 is 11.1. The third kappa shape index (κ3) is 3.69. The molecule has 5 heteroatoms. The van der Waals surface area contributed by atoms with Gasteiger partial charge in [0, 0.05) is 0 Å². The van der Waals surface area contributed by atoms with E-state index >= 15 is 0 Å². The molecule has 0 aliphatic carbocycles. The van der Waals surface area contributed by atoms with Gasteiger partial charge in [0.05, 0.1) is 6.21 Å². The molecule has 0 aromatic heterocycles. The standard InChI is InChI=1S/C18H18N2O3/c1-2-13-7-9-14(10-8-13)11-19-20-18(21)17-12-22-15-5-3-4-6-16(15)23-17/h3-11,17H,2,12H2,1H3,(H,20,21)/t17-/m0/s1. The Morgan fingerprint density at radius 2 is 1.96 bits per heavy atom. The molecule has 5 nitrogen and oxygen atoms in total. The smallest absolute Gasteiger partial charge is 0.284 e. The maximum Gasteiger partial charge on any atom is 0.284 e. The second-order valence-electron chi connectivity index (χ2n) is 5.19. The molecular formula is C18H18N2O3. The van der Waals surface area contributed by atoms with Crippen molar-refractivity contribution < 1.29 is 14.3 Å². The molecule has 23 heavy (non-hydrogen) atoms. The van der Waals surface area contributed by atoms with Crippen LogP contribution in [0.1, 0.15) is 18.1 Å². The van der Waals surface area contributed by atoms with Crippen LogP contribution in [0, 0.1) is 0 Å². The van der Waals surface area contributed by atoms with Gasteiger partial charge in [-0.25, -0.2) is 5.43 Å². The predicted octanol–water partition coefficient (Wildman–Crippen LogP) is 2.54. The van der Waals surface area contributed by atoms with Gasteiger partial charge in [0.25, 0.3) is 5.91 Å². The fraction of sp³-hybridized carbons (Fsp3) is 0.222. The van der Waals surface area contributed by atoms with Crippen molar-refractivity contribution in [1.29, 1.82) is 0 Å². The van der Waals surface area contributed by atoms with Gasteiger partial charge in [-0.05, 0) is 29.7 Å². The van der Waals surface area contributed by atoms with Crippen LogP contribution >= 0.6 is 0 Å². The molecule has 0 spiro atoms. The zero-order chi connectivity index (χ0) is 16.1. The van der Waals surface area contributed by atoms with E-state index in [1.165, 1.54) is 5.56 Å². The van der Waals surface area contributed by atoms with E-state index in [-0.39, 0.29) is 12.5 Å². The highest BCUT2D eigenvalue weighted by Crippen LogP contribution is 2.30. The largest absolute Gasteiger partial charge is 0.485 e. The highest BCUT2D eigenvalue weighted by Gasteiger charge is 2.26. The number of carbonyl (C=O) groups is 1. The highest BCUT2D eigenvalue weighted by atomic mass is 16.6. The quantitative estimate of drug-likeness (QED) is 0.697. The molecule has 0 unspecified atom stereocenters. The summed E-state index contributed by atoms with van der Waals surface area (Å²) in [4.78, 5) is 12.1. The zero-order valence-electron chi connectivity index (χ0n) is 12.9. The van der Waals surface area contributed by atoms with Crippen LogP contribution in [0.3, 0.4) is 0 Å². The minimum atomic E-state index is -0.704. The Bertz CT molecular complexity index is 710. The molecule has 1 aliphatic heterocycles. The topological polar surface area (TPSA) is 59.9 Å². The normalized spacial score (nSPS) is 16.3. The number of ether oxygens (including phenoxy) is 2. The molecule has 0 bridgehead atoms. The van der Waals surface area contributed by atoms with Gasteiger partial charge in [0.1, 0.15) is 6.61 Å². The number of amides is 1. The third-order valence-electron chi connectivity index (χ3n) is 3.58. The Morgan fingerprint density at radius 1 is 1.22 bits per heavy atom. The summed E-state index contributed by atoms with van der Waals surface area (Å²) >= 11 is 0. The molecule has 0 radical (unpaired) electrons. The average molecular weight is 310 g/mol. The third-order valence-corrected chi connectivity index (χ3v) is 3.58. The lowest BCUT2D eigenvalue weighted by Crippen LogP contribution is -2.42. The molecule has 1 aliphatic rings. The molecular weight excluding hydrogens is 292 g/mol. The average Bonchev–Trinajstić information content (AvgIpc) is 2.61. The number of para-hydroxylation sites is 2. The summed E-state index contributed by atoms with van der Waals surface area (Å²) in [7, 11) is 0. The van der Waals surface area contributed by atoms with Crippen LogP contribution in [-0.4, -0.2) is 24.8 Å².